The Morgan fingerprint density at radius 3 is 2.91 bits per heavy atom. The van der Waals surface area contributed by atoms with Crippen molar-refractivity contribution in [3.8, 4) is 5.75 Å². The first-order valence-corrected chi connectivity index (χ1v) is 8.02. The largest absolute Gasteiger partial charge is 0.493 e. The molecule has 0 aromatic heterocycles. The molecule has 1 atom stereocenters. The Balaban J connectivity index is 1.62. The maximum absolute atomic E-state index is 6.10. The normalized spacial score (nSPS) is 24.2. The van der Waals surface area contributed by atoms with Crippen LogP contribution in [0.3, 0.4) is 0 Å². The molecule has 22 heavy (non-hydrogen) atoms. The standard InChI is InChI=1S/C17H25N3O2/c1-17(7-10-21-11-8-17)12-19-16(18)20-14-6-9-22-15-5-3-2-4-13(14)15/h2-5,14H,6-12H2,1H3,(H3,18,19,20). The second-order valence-electron chi connectivity index (χ2n) is 6.50. The van der Waals surface area contributed by atoms with E-state index in [1.807, 2.05) is 18.2 Å². The fourth-order valence-corrected chi connectivity index (χ4v) is 3.01. The van der Waals surface area contributed by atoms with Crippen LogP contribution in [0.2, 0.25) is 0 Å². The first kappa shape index (κ1) is 15.2. The highest BCUT2D eigenvalue weighted by molar-refractivity contribution is 5.78. The van der Waals surface area contributed by atoms with Crippen molar-refractivity contribution >= 4 is 5.96 Å². The molecule has 0 radical (unpaired) electrons. The Bertz CT molecular complexity index is 538. The molecule has 1 unspecified atom stereocenters. The number of nitrogens with zero attached hydrogens (tertiary/aromatic N) is 1. The highest BCUT2D eigenvalue weighted by Crippen LogP contribution is 2.32. The highest BCUT2D eigenvalue weighted by atomic mass is 16.5. The molecule has 2 aliphatic rings. The fraction of sp³-hybridized carbons (Fsp3) is 0.588. The van der Waals surface area contributed by atoms with E-state index in [1.165, 1.54) is 0 Å². The molecule has 1 saturated heterocycles. The van der Waals surface area contributed by atoms with Crippen LogP contribution in [0.5, 0.6) is 5.75 Å². The molecule has 1 aromatic carbocycles. The minimum absolute atomic E-state index is 0.177. The molecule has 0 aliphatic carbocycles. The molecule has 0 amide bonds. The number of nitrogens with two attached hydrogens (primary N) is 1. The molecule has 0 bridgehead atoms. The Labute approximate surface area is 131 Å². The smallest absolute Gasteiger partial charge is 0.189 e. The molecule has 1 aromatic rings. The lowest BCUT2D eigenvalue weighted by atomic mass is 9.83. The average Bonchev–Trinajstić information content (AvgIpc) is 2.54. The fourth-order valence-electron chi connectivity index (χ4n) is 3.01. The van der Waals surface area contributed by atoms with Crippen LogP contribution >= 0.6 is 0 Å². The van der Waals surface area contributed by atoms with Crippen molar-refractivity contribution in [2.24, 2.45) is 16.1 Å². The Kier molecular flexibility index (Phi) is 4.52. The SMILES string of the molecule is CC1(CN=C(N)NC2CCOc3ccccc32)CCOCC1. The molecule has 3 N–H and O–H groups in total. The van der Waals surface area contributed by atoms with Crippen LogP contribution in [0, 0.1) is 5.41 Å². The summed E-state index contributed by atoms with van der Waals surface area (Å²) in [5.41, 5.74) is 7.47. The molecule has 3 rings (SSSR count). The number of fused-ring (bicyclic) bond motifs is 1. The zero-order valence-electron chi connectivity index (χ0n) is 13.2. The number of aliphatic imine (C=N–C) groups is 1. The minimum atomic E-state index is 0.177. The molecule has 2 aliphatic heterocycles. The molecule has 5 nitrogen and oxygen atoms in total. The van der Waals surface area contributed by atoms with E-state index in [2.05, 4.69) is 23.3 Å². The predicted molar refractivity (Wildman–Crippen MR) is 87.1 cm³/mol. The lowest BCUT2D eigenvalue weighted by molar-refractivity contribution is 0.0283. The van der Waals surface area contributed by atoms with Crippen LogP contribution in [-0.2, 0) is 4.74 Å². The van der Waals surface area contributed by atoms with E-state index in [4.69, 9.17) is 15.2 Å². The van der Waals surface area contributed by atoms with Crippen molar-refractivity contribution in [3.63, 3.8) is 0 Å². The van der Waals surface area contributed by atoms with E-state index in [9.17, 15) is 0 Å². The van der Waals surface area contributed by atoms with Crippen LogP contribution < -0.4 is 15.8 Å². The molecule has 120 valence electrons. The molecule has 5 heteroatoms. The molecule has 0 saturated carbocycles. The van der Waals surface area contributed by atoms with Gasteiger partial charge in [-0.25, -0.2) is 0 Å². The van der Waals surface area contributed by atoms with Crippen LogP contribution in [-0.4, -0.2) is 32.3 Å². The van der Waals surface area contributed by atoms with Gasteiger partial charge in [0.1, 0.15) is 5.75 Å². The maximum Gasteiger partial charge on any atom is 0.189 e. The van der Waals surface area contributed by atoms with Gasteiger partial charge in [-0.1, -0.05) is 25.1 Å². The van der Waals surface area contributed by atoms with Crippen molar-refractivity contribution in [1.82, 2.24) is 5.32 Å². The summed E-state index contributed by atoms with van der Waals surface area (Å²) in [6.07, 6.45) is 2.99. The van der Waals surface area contributed by atoms with Gasteiger partial charge >= 0.3 is 0 Å². The van der Waals surface area contributed by atoms with E-state index in [-0.39, 0.29) is 11.5 Å². The zero-order valence-corrected chi connectivity index (χ0v) is 13.2. The molecular weight excluding hydrogens is 278 g/mol. The van der Waals surface area contributed by atoms with Crippen LogP contribution in [0.4, 0.5) is 0 Å². The van der Waals surface area contributed by atoms with Crippen molar-refractivity contribution in [1.29, 1.82) is 0 Å². The molecular formula is C17H25N3O2. The summed E-state index contributed by atoms with van der Waals surface area (Å²) in [6, 6.07) is 8.28. The van der Waals surface area contributed by atoms with Crippen molar-refractivity contribution in [2.45, 2.75) is 32.2 Å². The number of hydrogen-bond acceptors (Lipinski definition) is 3. The summed E-state index contributed by atoms with van der Waals surface area (Å²) in [6.45, 7) is 5.37. The Morgan fingerprint density at radius 2 is 2.09 bits per heavy atom. The zero-order chi connectivity index (χ0) is 15.4. The summed E-state index contributed by atoms with van der Waals surface area (Å²) in [4.78, 5) is 4.57. The van der Waals surface area contributed by atoms with Gasteiger partial charge < -0.3 is 20.5 Å². The topological polar surface area (TPSA) is 68.9 Å². The minimum Gasteiger partial charge on any atom is -0.493 e. The van der Waals surface area contributed by atoms with E-state index in [1.54, 1.807) is 0 Å². The van der Waals surface area contributed by atoms with E-state index >= 15 is 0 Å². The van der Waals surface area contributed by atoms with Crippen LogP contribution in [0.1, 0.15) is 37.8 Å². The summed E-state index contributed by atoms with van der Waals surface area (Å²) in [7, 11) is 0. The monoisotopic (exact) mass is 303 g/mol. The van der Waals surface area contributed by atoms with E-state index in [0.29, 0.717) is 12.6 Å². The van der Waals surface area contributed by atoms with Gasteiger partial charge in [0, 0.05) is 31.7 Å². The van der Waals surface area contributed by atoms with Gasteiger partial charge in [0.25, 0.3) is 0 Å². The molecule has 2 heterocycles. The van der Waals surface area contributed by atoms with Gasteiger partial charge in [-0.2, -0.15) is 0 Å². The summed E-state index contributed by atoms with van der Waals surface area (Å²) in [5, 5.41) is 3.35. The third-order valence-corrected chi connectivity index (χ3v) is 4.61. The van der Waals surface area contributed by atoms with E-state index in [0.717, 1.165) is 50.3 Å². The van der Waals surface area contributed by atoms with Crippen molar-refractivity contribution in [3.05, 3.63) is 29.8 Å². The Hall–Kier alpha value is -1.75. The number of benzene rings is 1. The van der Waals surface area contributed by atoms with Gasteiger partial charge in [-0.3, -0.25) is 4.99 Å². The summed E-state index contributed by atoms with van der Waals surface area (Å²) < 4.78 is 11.1. The number of para-hydroxylation sites is 1. The second kappa shape index (κ2) is 6.57. The van der Waals surface area contributed by atoms with Gasteiger partial charge in [-0.15, -0.1) is 0 Å². The summed E-state index contributed by atoms with van der Waals surface area (Å²) in [5.74, 6) is 1.46. The van der Waals surface area contributed by atoms with Crippen LogP contribution in [0.25, 0.3) is 0 Å². The Morgan fingerprint density at radius 1 is 1.32 bits per heavy atom. The number of guanidine groups is 1. The van der Waals surface area contributed by atoms with Gasteiger partial charge in [-0.05, 0) is 24.3 Å². The lowest BCUT2D eigenvalue weighted by Crippen LogP contribution is -2.38. The number of hydrogen-bond donors (Lipinski definition) is 2. The van der Waals surface area contributed by atoms with Crippen LogP contribution in [0.15, 0.2) is 29.3 Å². The third-order valence-electron chi connectivity index (χ3n) is 4.61. The summed E-state index contributed by atoms with van der Waals surface area (Å²) >= 11 is 0. The van der Waals surface area contributed by atoms with Crippen molar-refractivity contribution < 1.29 is 9.47 Å². The predicted octanol–water partition coefficient (Wildman–Crippen LogP) is 2.23. The highest BCUT2D eigenvalue weighted by Gasteiger charge is 2.27. The molecule has 0 spiro atoms. The van der Waals surface area contributed by atoms with Crippen molar-refractivity contribution in [2.75, 3.05) is 26.4 Å². The van der Waals surface area contributed by atoms with Gasteiger partial charge in [0.05, 0.1) is 12.6 Å². The van der Waals surface area contributed by atoms with Gasteiger partial charge in [0.15, 0.2) is 5.96 Å². The maximum atomic E-state index is 6.10. The third kappa shape index (κ3) is 3.53. The first-order chi connectivity index (χ1) is 10.7. The number of ether oxygens (including phenoxy) is 2. The first-order valence-electron chi connectivity index (χ1n) is 8.02. The molecule has 1 fully saturated rings. The second-order valence-corrected chi connectivity index (χ2v) is 6.50. The number of rotatable bonds is 3. The average molecular weight is 303 g/mol. The van der Waals surface area contributed by atoms with E-state index < -0.39 is 0 Å². The van der Waals surface area contributed by atoms with Gasteiger partial charge in [0.2, 0.25) is 0 Å². The lowest BCUT2D eigenvalue weighted by Gasteiger charge is -2.32. The quantitative estimate of drug-likeness (QED) is 0.664. The number of nitrogens with one attached hydrogen (secondary N) is 1.